The van der Waals surface area contributed by atoms with Crippen molar-refractivity contribution in [3.8, 4) is 12.8 Å². The topological polar surface area (TPSA) is 0 Å². The first kappa shape index (κ1) is 12.6. The third-order valence-corrected chi connectivity index (χ3v) is 3.22. The SMILES string of the molecule is C#C.CCCCC1CCCCC1C. The van der Waals surface area contributed by atoms with Gasteiger partial charge in [0.05, 0.1) is 0 Å². The second-order valence-electron chi connectivity index (χ2n) is 4.16. The lowest BCUT2D eigenvalue weighted by atomic mass is 9.78. The van der Waals surface area contributed by atoms with Crippen LogP contribution >= 0.6 is 0 Å². The Morgan fingerprint density at radius 3 is 2.31 bits per heavy atom. The summed E-state index contributed by atoms with van der Waals surface area (Å²) in [7, 11) is 0. The highest BCUT2D eigenvalue weighted by Crippen LogP contribution is 2.32. The molecule has 2 atom stereocenters. The normalized spacial score (nSPS) is 27.4. The predicted octanol–water partition coefficient (Wildman–Crippen LogP) is 4.25. The fourth-order valence-electron chi connectivity index (χ4n) is 2.29. The van der Waals surface area contributed by atoms with Crippen molar-refractivity contribution in [2.75, 3.05) is 0 Å². The maximum Gasteiger partial charge on any atom is -0.0388 e. The molecule has 0 aliphatic heterocycles. The first-order valence-electron chi connectivity index (χ1n) is 5.68. The van der Waals surface area contributed by atoms with E-state index in [0.717, 1.165) is 11.8 Å². The van der Waals surface area contributed by atoms with Crippen LogP contribution in [0.5, 0.6) is 0 Å². The Balaban J connectivity index is 0.000000671. The summed E-state index contributed by atoms with van der Waals surface area (Å²) in [6.07, 6.45) is 18.3. The molecule has 0 nitrogen and oxygen atoms in total. The van der Waals surface area contributed by atoms with Crippen LogP contribution in [0.1, 0.15) is 58.8 Å². The molecule has 2 unspecified atom stereocenters. The molecule has 0 N–H and O–H groups in total. The van der Waals surface area contributed by atoms with Gasteiger partial charge in [-0.25, -0.2) is 0 Å². The van der Waals surface area contributed by atoms with E-state index in [1.54, 1.807) is 0 Å². The molecule has 76 valence electrons. The maximum absolute atomic E-state index is 4.00. The van der Waals surface area contributed by atoms with Crippen molar-refractivity contribution in [2.45, 2.75) is 58.8 Å². The zero-order valence-corrected chi connectivity index (χ0v) is 9.26. The quantitative estimate of drug-likeness (QED) is 0.569. The summed E-state index contributed by atoms with van der Waals surface area (Å²) in [6, 6.07) is 0. The van der Waals surface area contributed by atoms with Gasteiger partial charge in [0, 0.05) is 0 Å². The lowest BCUT2D eigenvalue weighted by molar-refractivity contribution is 0.237. The van der Waals surface area contributed by atoms with E-state index < -0.39 is 0 Å². The second-order valence-corrected chi connectivity index (χ2v) is 4.16. The molecule has 1 rings (SSSR count). The molecule has 0 saturated heterocycles. The summed E-state index contributed by atoms with van der Waals surface area (Å²) in [5, 5.41) is 0. The van der Waals surface area contributed by atoms with Gasteiger partial charge in [-0.2, -0.15) is 0 Å². The van der Waals surface area contributed by atoms with E-state index in [1.807, 2.05) is 0 Å². The standard InChI is InChI=1S/C11H22.C2H2/c1-3-4-8-11-9-6-5-7-10(11)2;1-2/h10-11H,3-9H2,1-2H3;1-2H. The molecule has 0 heteroatoms. The molecule has 1 aliphatic carbocycles. The fourth-order valence-corrected chi connectivity index (χ4v) is 2.29. The molecule has 0 aromatic rings. The molecule has 0 amide bonds. The van der Waals surface area contributed by atoms with Gasteiger partial charge in [-0.1, -0.05) is 58.8 Å². The van der Waals surface area contributed by atoms with Gasteiger partial charge in [-0.05, 0) is 11.8 Å². The molecular formula is C13H24. The zero-order chi connectivity index (χ0) is 10.1. The first-order valence-corrected chi connectivity index (χ1v) is 5.68. The van der Waals surface area contributed by atoms with Crippen LogP contribution in [-0.2, 0) is 0 Å². The van der Waals surface area contributed by atoms with E-state index in [4.69, 9.17) is 0 Å². The third kappa shape index (κ3) is 4.98. The fraction of sp³-hybridized carbons (Fsp3) is 0.846. The Labute approximate surface area is 84.1 Å². The molecule has 13 heavy (non-hydrogen) atoms. The van der Waals surface area contributed by atoms with Crippen molar-refractivity contribution in [1.29, 1.82) is 0 Å². The van der Waals surface area contributed by atoms with Crippen LogP contribution in [0.4, 0.5) is 0 Å². The van der Waals surface area contributed by atoms with Gasteiger partial charge < -0.3 is 0 Å². The average molecular weight is 180 g/mol. The lowest BCUT2D eigenvalue weighted by Gasteiger charge is -2.28. The van der Waals surface area contributed by atoms with Crippen molar-refractivity contribution < 1.29 is 0 Å². The number of hydrogen-bond acceptors (Lipinski definition) is 0. The van der Waals surface area contributed by atoms with Crippen molar-refractivity contribution in [1.82, 2.24) is 0 Å². The average Bonchev–Trinajstić information content (AvgIpc) is 2.20. The van der Waals surface area contributed by atoms with Gasteiger partial charge in [0.25, 0.3) is 0 Å². The molecule has 0 aromatic carbocycles. The maximum atomic E-state index is 4.00. The molecule has 1 fully saturated rings. The predicted molar refractivity (Wildman–Crippen MR) is 60.5 cm³/mol. The number of hydrogen-bond donors (Lipinski definition) is 0. The zero-order valence-electron chi connectivity index (χ0n) is 9.26. The highest BCUT2D eigenvalue weighted by Gasteiger charge is 2.19. The second kappa shape index (κ2) is 8.17. The van der Waals surface area contributed by atoms with Gasteiger partial charge in [0.2, 0.25) is 0 Å². The van der Waals surface area contributed by atoms with Gasteiger partial charge in [0.15, 0.2) is 0 Å². The molecule has 1 saturated carbocycles. The van der Waals surface area contributed by atoms with Crippen LogP contribution in [0.3, 0.4) is 0 Å². The Kier molecular flexibility index (Phi) is 7.90. The molecular weight excluding hydrogens is 156 g/mol. The summed E-state index contributed by atoms with van der Waals surface area (Å²) in [4.78, 5) is 0. The highest BCUT2D eigenvalue weighted by molar-refractivity contribution is 4.71. The van der Waals surface area contributed by atoms with Gasteiger partial charge in [0.1, 0.15) is 0 Å². The van der Waals surface area contributed by atoms with Gasteiger partial charge in [-0.15, -0.1) is 12.8 Å². The van der Waals surface area contributed by atoms with Crippen LogP contribution in [-0.4, -0.2) is 0 Å². The number of unbranched alkanes of at least 4 members (excludes halogenated alkanes) is 1. The van der Waals surface area contributed by atoms with Crippen LogP contribution in [0.15, 0.2) is 0 Å². The Morgan fingerprint density at radius 2 is 1.77 bits per heavy atom. The highest BCUT2D eigenvalue weighted by atomic mass is 14.3. The molecule has 1 aliphatic rings. The van der Waals surface area contributed by atoms with E-state index in [2.05, 4.69) is 26.7 Å². The first-order chi connectivity index (χ1) is 6.34. The van der Waals surface area contributed by atoms with Crippen molar-refractivity contribution >= 4 is 0 Å². The molecule has 0 heterocycles. The Bertz CT molecular complexity index is 123. The van der Waals surface area contributed by atoms with E-state index in [-0.39, 0.29) is 0 Å². The minimum atomic E-state index is 1.02. The van der Waals surface area contributed by atoms with Crippen LogP contribution in [0.25, 0.3) is 0 Å². The Morgan fingerprint density at radius 1 is 1.15 bits per heavy atom. The van der Waals surface area contributed by atoms with Gasteiger partial charge >= 0.3 is 0 Å². The van der Waals surface area contributed by atoms with Crippen LogP contribution in [0.2, 0.25) is 0 Å². The smallest absolute Gasteiger partial charge is 0.0388 e. The monoisotopic (exact) mass is 180 g/mol. The summed E-state index contributed by atoms with van der Waals surface area (Å²) in [5.74, 6) is 2.10. The minimum Gasteiger partial charge on any atom is -0.124 e. The van der Waals surface area contributed by atoms with E-state index >= 15 is 0 Å². The summed E-state index contributed by atoms with van der Waals surface area (Å²) in [5.41, 5.74) is 0. The van der Waals surface area contributed by atoms with E-state index in [0.29, 0.717) is 0 Å². The van der Waals surface area contributed by atoms with E-state index in [9.17, 15) is 0 Å². The Hall–Kier alpha value is -0.440. The molecule has 0 spiro atoms. The lowest BCUT2D eigenvalue weighted by Crippen LogP contribution is -2.16. The van der Waals surface area contributed by atoms with Crippen LogP contribution < -0.4 is 0 Å². The molecule has 0 radical (unpaired) electrons. The van der Waals surface area contributed by atoms with E-state index in [1.165, 1.54) is 44.9 Å². The summed E-state index contributed by atoms with van der Waals surface area (Å²) >= 11 is 0. The summed E-state index contributed by atoms with van der Waals surface area (Å²) < 4.78 is 0. The van der Waals surface area contributed by atoms with Crippen molar-refractivity contribution in [3.05, 3.63) is 0 Å². The van der Waals surface area contributed by atoms with Crippen molar-refractivity contribution in [2.24, 2.45) is 11.8 Å². The summed E-state index contributed by atoms with van der Waals surface area (Å²) in [6.45, 7) is 4.74. The van der Waals surface area contributed by atoms with Crippen molar-refractivity contribution in [3.63, 3.8) is 0 Å². The largest absolute Gasteiger partial charge is 0.124 e. The van der Waals surface area contributed by atoms with Crippen LogP contribution in [0, 0.1) is 24.7 Å². The number of rotatable bonds is 3. The molecule has 0 aromatic heterocycles. The van der Waals surface area contributed by atoms with Gasteiger partial charge in [-0.3, -0.25) is 0 Å². The third-order valence-electron chi connectivity index (χ3n) is 3.22. The minimum absolute atomic E-state index is 1.02. The molecule has 0 bridgehead atoms. The number of terminal acetylenes is 1.